The van der Waals surface area contributed by atoms with Crippen LogP contribution in [0, 0.1) is 6.07 Å². The van der Waals surface area contributed by atoms with E-state index in [1.807, 2.05) is 42.7 Å². The van der Waals surface area contributed by atoms with Gasteiger partial charge in [-0.1, -0.05) is 102 Å². The van der Waals surface area contributed by atoms with Gasteiger partial charge in [0.05, 0.1) is 17.1 Å². The van der Waals surface area contributed by atoms with Gasteiger partial charge in [-0.3, -0.25) is 4.98 Å². The standard InChI is InChI=1S/C43H29N4O.Pt/c48-39-20-9-16-30-21-22-31-23-24-37(45-41(31)40(30)39)38-27-47(43(46-38)36-26-44-25-32-15-7-8-17-33(32)36)42-34(28-11-3-1-4-12-28)18-10-19-35(42)29-13-5-2-6-14-29;/h1-16,18-20,23-27,48H,21-22H2;/q-1;. The summed E-state index contributed by atoms with van der Waals surface area (Å²) in [4.78, 5) is 15.2. The summed E-state index contributed by atoms with van der Waals surface area (Å²) in [6, 6.07) is 46.7. The number of phenols is 1. The van der Waals surface area contributed by atoms with Gasteiger partial charge in [0.25, 0.3) is 0 Å². The summed E-state index contributed by atoms with van der Waals surface area (Å²) >= 11 is 0. The smallest absolute Gasteiger partial charge is 0.125 e. The molecule has 0 amide bonds. The van der Waals surface area contributed by atoms with E-state index in [0.29, 0.717) is 0 Å². The van der Waals surface area contributed by atoms with Crippen LogP contribution in [0.1, 0.15) is 11.1 Å². The van der Waals surface area contributed by atoms with Crippen molar-refractivity contribution in [1.82, 2.24) is 19.5 Å². The van der Waals surface area contributed by atoms with Crippen LogP contribution in [0.5, 0.6) is 5.75 Å². The van der Waals surface area contributed by atoms with Gasteiger partial charge >= 0.3 is 0 Å². The number of aromatic hydroxyl groups is 1. The molecule has 0 saturated heterocycles. The number of para-hydroxylation sites is 1. The number of hydrogen-bond donors (Lipinski definition) is 1. The van der Waals surface area contributed by atoms with E-state index in [2.05, 4.69) is 113 Å². The first-order chi connectivity index (χ1) is 23.7. The Morgan fingerprint density at radius 1 is 0.612 bits per heavy atom. The maximum absolute atomic E-state index is 10.9. The topological polar surface area (TPSA) is 63.8 Å². The summed E-state index contributed by atoms with van der Waals surface area (Å²) in [5.41, 5.74) is 11.6. The van der Waals surface area contributed by atoms with Crippen LogP contribution in [-0.2, 0) is 33.9 Å². The van der Waals surface area contributed by atoms with Crippen LogP contribution in [0.25, 0.3) is 72.7 Å². The summed E-state index contributed by atoms with van der Waals surface area (Å²) in [6.45, 7) is 0. The quantitative estimate of drug-likeness (QED) is 0.176. The molecule has 5 nitrogen and oxygen atoms in total. The third-order valence-electron chi connectivity index (χ3n) is 9.24. The molecule has 0 saturated carbocycles. The third kappa shape index (κ3) is 5.37. The first-order valence-corrected chi connectivity index (χ1v) is 16.1. The van der Waals surface area contributed by atoms with Crippen molar-refractivity contribution in [3.8, 4) is 67.7 Å². The normalized spacial score (nSPS) is 11.8. The van der Waals surface area contributed by atoms with E-state index in [1.165, 1.54) is 0 Å². The van der Waals surface area contributed by atoms with Gasteiger partial charge in [-0.2, -0.15) is 0 Å². The molecule has 1 aliphatic carbocycles. The zero-order valence-corrected chi connectivity index (χ0v) is 28.6. The van der Waals surface area contributed by atoms with Crippen LogP contribution in [0.3, 0.4) is 0 Å². The molecule has 3 aromatic heterocycles. The number of rotatable bonds is 5. The zero-order chi connectivity index (χ0) is 32.0. The van der Waals surface area contributed by atoms with Gasteiger partial charge in [0.15, 0.2) is 0 Å². The minimum atomic E-state index is 0. The molecule has 9 rings (SSSR count). The Kier molecular flexibility index (Phi) is 7.99. The Morgan fingerprint density at radius 3 is 2.08 bits per heavy atom. The van der Waals surface area contributed by atoms with E-state index < -0.39 is 0 Å². The van der Waals surface area contributed by atoms with Gasteiger partial charge in [0, 0.05) is 44.0 Å². The minimum Gasteiger partial charge on any atom is -0.507 e. The molecule has 3 heterocycles. The molecule has 0 atom stereocenters. The monoisotopic (exact) mass is 812 g/mol. The van der Waals surface area contributed by atoms with Crippen LogP contribution < -0.4 is 0 Å². The minimum absolute atomic E-state index is 0. The van der Waals surface area contributed by atoms with E-state index in [-0.39, 0.29) is 26.8 Å². The van der Waals surface area contributed by atoms with E-state index in [0.717, 1.165) is 96.7 Å². The van der Waals surface area contributed by atoms with Gasteiger partial charge < -0.3 is 9.67 Å². The number of fused-ring (bicyclic) bond motifs is 4. The van der Waals surface area contributed by atoms with Gasteiger partial charge in [-0.05, 0) is 65.2 Å². The van der Waals surface area contributed by atoms with E-state index >= 15 is 0 Å². The largest absolute Gasteiger partial charge is 0.507 e. The van der Waals surface area contributed by atoms with Crippen molar-refractivity contribution in [3.63, 3.8) is 0 Å². The number of aromatic nitrogens is 4. The first-order valence-electron chi connectivity index (χ1n) is 16.1. The third-order valence-corrected chi connectivity index (χ3v) is 9.24. The maximum Gasteiger partial charge on any atom is 0.125 e. The van der Waals surface area contributed by atoms with Gasteiger partial charge in [0.1, 0.15) is 17.3 Å². The van der Waals surface area contributed by atoms with Crippen LogP contribution >= 0.6 is 0 Å². The van der Waals surface area contributed by atoms with Crippen molar-refractivity contribution in [2.75, 3.05) is 0 Å². The molecule has 0 aliphatic heterocycles. The number of nitrogens with zero attached hydrogens (tertiary/aromatic N) is 4. The van der Waals surface area contributed by atoms with Crippen molar-refractivity contribution in [2.24, 2.45) is 0 Å². The predicted molar refractivity (Wildman–Crippen MR) is 192 cm³/mol. The SMILES string of the molecule is Oc1cccc2c1-c1nc(-c3cn(-c4c(-c5ccccc5)cccc4-c4ccccc4)c(-c4cncc5ccc[c-]c45)n3)ccc1CC2.[Pt]. The Hall–Kier alpha value is -5.64. The Balaban J connectivity index is 0.00000348. The summed E-state index contributed by atoms with van der Waals surface area (Å²) in [7, 11) is 0. The van der Waals surface area contributed by atoms with Gasteiger partial charge in [0.2, 0.25) is 0 Å². The van der Waals surface area contributed by atoms with Crippen molar-refractivity contribution in [1.29, 1.82) is 0 Å². The summed E-state index contributed by atoms with van der Waals surface area (Å²) in [5, 5.41) is 12.9. The van der Waals surface area contributed by atoms with Crippen LogP contribution in [0.15, 0.2) is 146 Å². The predicted octanol–water partition coefficient (Wildman–Crippen LogP) is 9.75. The van der Waals surface area contributed by atoms with E-state index in [9.17, 15) is 5.11 Å². The second-order valence-corrected chi connectivity index (χ2v) is 12.1. The van der Waals surface area contributed by atoms with E-state index in [4.69, 9.17) is 9.97 Å². The van der Waals surface area contributed by atoms with Crippen LogP contribution in [0.4, 0.5) is 0 Å². The summed E-state index contributed by atoms with van der Waals surface area (Å²) in [6.07, 6.45) is 7.59. The molecule has 1 aliphatic rings. The fourth-order valence-corrected chi connectivity index (χ4v) is 6.97. The Labute approximate surface area is 298 Å². The molecule has 0 bridgehead atoms. The fraction of sp³-hybridized carbons (Fsp3) is 0.0465. The molecule has 238 valence electrons. The maximum atomic E-state index is 10.9. The molecule has 0 spiro atoms. The summed E-state index contributed by atoms with van der Waals surface area (Å²) in [5.74, 6) is 1.000. The van der Waals surface area contributed by atoms with Crippen molar-refractivity contribution in [3.05, 3.63) is 163 Å². The number of benzene rings is 5. The molecule has 49 heavy (non-hydrogen) atoms. The second-order valence-electron chi connectivity index (χ2n) is 12.1. The Morgan fingerprint density at radius 2 is 1.33 bits per heavy atom. The molecule has 8 aromatic rings. The second kappa shape index (κ2) is 12.8. The van der Waals surface area contributed by atoms with Gasteiger partial charge in [-0.15, -0.1) is 29.7 Å². The first kappa shape index (κ1) is 30.7. The van der Waals surface area contributed by atoms with E-state index in [1.54, 1.807) is 6.07 Å². The average Bonchev–Trinajstić information content (AvgIpc) is 3.60. The molecule has 0 unspecified atom stereocenters. The molecule has 0 radical (unpaired) electrons. The Bertz CT molecular complexity index is 2410. The van der Waals surface area contributed by atoms with Gasteiger partial charge in [-0.25, -0.2) is 9.97 Å². The molecule has 1 N–H and O–H groups in total. The summed E-state index contributed by atoms with van der Waals surface area (Å²) < 4.78 is 2.20. The number of aryl methyl sites for hydroxylation is 2. The fourth-order valence-electron chi connectivity index (χ4n) is 6.97. The molecule has 5 aromatic carbocycles. The number of phenolic OH excluding ortho intramolecular Hbond substituents is 1. The molecule has 0 fully saturated rings. The molecular weight excluding hydrogens is 784 g/mol. The van der Waals surface area contributed by atoms with Crippen molar-refractivity contribution < 1.29 is 26.2 Å². The molecule has 6 heteroatoms. The van der Waals surface area contributed by atoms with Crippen molar-refractivity contribution in [2.45, 2.75) is 12.8 Å². The van der Waals surface area contributed by atoms with Crippen LogP contribution in [0.2, 0.25) is 0 Å². The molecular formula is C43H29N4OPt-. The number of pyridine rings is 2. The van der Waals surface area contributed by atoms with Crippen LogP contribution in [-0.4, -0.2) is 24.6 Å². The average molecular weight is 813 g/mol. The zero-order valence-electron chi connectivity index (χ0n) is 26.3. The number of imidazole rings is 1. The van der Waals surface area contributed by atoms with Crippen molar-refractivity contribution >= 4 is 10.8 Å². The number of hydrogen-bond acceptors (Lipinski definition) is 4.